The Balaban J connectivity index is 2.04. The number of anilines is 1. The lowest BCUT2D eigenvalue weighted by atomic mass is 10.1. The Morgan fingerprint density at radius 3 is 2.48 bits per heavy atom. The van der Waals surface area contributed by atoms with Crippen molar-refractivity contribution in [3.8, 4) is 5.69 Å². The molecule has 0 saturated carbocycles. The van der Waals surface area contributed by atoms with Gasteiger partial charge in [-0.05, 0) is 53.8 Å². The largest absolute Gasteiger partial charge is 0.316 e. The molecule has 0 aliphatic heterocycles. The highest BCUT2D eigenvalue weighted by molar-refractivity contribution is 14.1. The fourth-order valence-electron chi connectivity index (χ4n) is 2.74. The van der Waals surface area contributed by atoms with E-state index in [4.69, 9.17) is 0 Å². The first-order chi connectivity index (χ1) is 12.8. The van der Waals surface area contributed by atoms with Gasteiger partial charge in [0.25, 0.3) is 17.2 Å². The number of nitro groups is 1. The third-order valence-electron chi connectivity index (χ3n) is 4.19. The molecule has 0 fully saturated rings. The second-order valence-corrected chi connectivity index (χ2v) is 7.05. The minimum Gasteiger partial charge on any atom is -0.316 e. The summed E-state index contributed by atoms with van der Waals surface area (Å²) in [5.41, 5.74) is 0.437. The maximum atomic E-state index is 12.8. The first-order valence-electron chi connectivity index (χ1n) is 7.90. The molecular weight excluding hydrogens is 463 g/mol. The van der Waals surface area contributed by atoms with Crippen LogP contribution in [0, 0.1) is 20.6 Å². The summed E-state index contributed by atoms with van der Waals surface area (Å²) in [4.78, 5) is 36.1. The number of hydrogen-bond donors (Lipinski definition) is 1. The van der Waals surface area contributed by atoms with E-state index in [0.717, 1.165) is 0 Å². The second-order valence-electron chi connectivity index (χ2n) is 5.81. The van der Waals surface area contributed by atoms with Gasteiger partial charge in [0.05, 0.1) is 16.3 Å². The zero-order chi connectivity index (χ0) is 19.7. The van der Waals surface area contributed by atoms with Crippen LogP contribution in [0.25, 0.3) is 5.69 Å². The van der Waals surface area contributed by atoms with Gasteiger partial charge in [-0.1, -0.05) is 18.2 Å². The molecule has 0 aliphatic carbocycles. The van der Waals surface area contributed by atoms with Gasteiger partial charge in [-0.2, -0.15) is 0 Å². The first kappa shape index (κ1) is 18.8. The first-order valence-corrected chi connectivity index (χ1v) is 8.98. The van der Waals surface area contributed by atoms with Crippen molar-refractivity contribution in [3.05, 3.63) is 83.8 Å². The predicted octanol–water partition coefficient (Wildman–Crippen LogP) is 3.25. The van der Waals surface area contributed by atoms with Gasteiger partial charge in [-0.3, -0.25) is 24.4 Å². The van der Waals surface area contributed by atoms with Crippen LogP contribution < -0.4 is 10.9 Å². The smallest absolute Gasteiger partial charge is 0.295 e. The van der Waals surface area contributed by atoms with E-state index in [1.807, 2.05) is 28.7 Å². The van der Waals surface area contributed by atoms with Crippen LogP contribution >= 0.6 is 22.6 Å². The molecule has 0 atom stereocenters. The number of rotatable bonds is 4. The molecule has 0 spiro atoms. The van der Waals surface area contributed by atoms with Crippen molar-refractivity contribution in [1.29, 1.82) is 0 Å². The zero-order valence-corrected chi connectivity index (χ0v) is 16.6. The number of nitrogens with zero attached hydrogens (tertiary/aromatic N) is 3. The van der Waals surface area contributed by atoms with E-state index >= 15 is 0 Å². The number of nitrogens with one attached hydrogen (secondary N) is 1. The summed E-state index contributed by atoms with van der Waals surface area (Å²) in [5.74, 6) is -0.705. The van der Waals surface area contributed by atoms with Gasteiger partial charge < -0.3 is 5.32 Å². The Morgan fingerprint density at radius 2 is 1.85 bits per heavy atom. The fraction of sp³-hybridized carbons (Fsp3) is 0.111. The van der Waals surface area contributed by atoms with Crippen molar-refractivity contribution in [1.82, 2.24) is 9.36 Å². The van der Waals surface area contributed by atoms with Gasteiger partial charge >= 0.3 is 0 Å². The third-order valence-corrected chi connectivity index (χ3v) is 4.86. The standard InChI is InChI=1S/C18H15IN4O4/c1-11-16(18(25)22(21(11)2)13-6-4-3-5-7-13)20-17(24)14-9-8-12(19)10-15(14)23(26)27/h3-10H,1-2H3,(H,20,24). The third kappa shape index (κ3) is 3.50. The SMILES string of the molecule is Cc1c(NC(=O)c2ccc(I)cc2[N+](=O)[O-])c(=O)n(-c2ccccc2)n1C. The van der Waals surface area contributed by atoms with Crippen molar-refractivity contribution in [3.63, 3.8) is 0 Å². The number of carbonyl (C=O) groups is 1. The molecule has 0 bridgehead atoms. The van der Waals surface area contributed by atoms with Gasteiger partial charge in [0.2, 0.25) is 0 Å². The van der Waals surface area contributed by atoms with E-state index in [1.165, 1.54) is 16.8 Å². The van der Waals surface area contributed by atoms with Gasteiger partial charge in [-0.25, -0.2) is 4.68 Å². The number of halogens is 1. The molecule has 1 aromatic heterocycles. The van der Waals surface area contributed by atoms with Gasteiger partial charge in [-0.15, -0.1) is 0 Å². The van der Waals surface area contributed by atoms with Crippen LogP contribution in [0.3, 0.4) is 0 Å². The van der Waals surface area contributed by atoms with Crippen molar-refractivity contribution in [2.24, 2.45) is 7.05 Å². The van der Waals surface area contributed by atoms with Crippen LogP contribution in [-0.2, 0) is 7.05 Å². The fourth-order valence-corrected chi connectivity index (χ4v) is 3.22. The van der Waals surface area contributed by atoms with Crippen molar-refractivity contribution in [2.75, 3.05) is 5.32 Å². The molecule has 3 rings (SSSR count). The summed E-state index contributed by atoms with van der Waals surface area (Å²) in [6, 6.07) is 13.3. The summed E-state index contributed by atoms with van der Waals surface area (Å²) in [5, 5.41) is 13.8. The average molecular weight is 478 g/mol. The van der Waals surface area contributed by atoms with Crippen molar-refractivity contribution in [2.45, 2.75) is 6.92 Å². The summed E-state index contributed by atoms with van der Waals surface area (Å²) in [6.45, 7) is 1.69. The molecule has 138 valence electrons. The van der Waals surface area contributed by atoms with Crippen LogP contribution in [-0.4, -0.2) is 20.2 Å². The summed E-state index contributed by atoms with van der Waals surface area (Å²) < 4.78 is 3.68. The van der Waals surface area contributed by atoms with Crippen LogP contribution in [0.5, 0.6) is 0 Å². The molecular formula is C18H15IN4O4. The lowest BCUT2D eigenvalue weighted by Crippen LogP contribution is -2.23. The van der Waals surface area contributed by atoms with Crippen molar-refractivity contribution < 1.29 is 9.72 Å². The monoisotopic (exact) mass is 478 g/mol. The molecule has 1 N–H and O–H groups in total. The second kappa shape index (κ2) is 7.35. The summed E-state index contributed by atoms with van der Waals surface area (Å²) in [7, 11) is 1.70. The van der Waals surface area contributed by atoms with Crippen molar-refractivity contribution >= 4 is 39.9 Å². The van der Waals surface area contributed by atoms with Crippen LogP contribution in [0.4, 0.5) is 11.4 Å². The molecule has 0 saturated heterocycles. The Kier molecular flexibility index (Phi) is 5.13. The number of amides is 1. The maximum Gasteiger partial charge on any atom is 0.295 e. The van der Waals surface area contributed by atoms with Gasteiger partial charge in [0.15, 0.2) is 0 Å². The van der Waals surface area contributed by atoms with Crippen LogP contribution in [0.1, 0.15) is 16.1 Å². The Hall–Kier alpha value is -2.95. The maximum absolute atomic E-state index is 12.8. The summed E-state index contributed by atoms with van der Waals surface area (Å²) >= 11 is 1.93. The number of nitro benzene ring substituents is 1. The molecule has 0 unspecified atom stereocenters. The number of carbonyl (C=O) groups excluding carboxylic acids is 1. The van der Waals surface area contributed by atoms with E-state index in [9.17, 15) is 19.7 Å². The van der Waals surface area contributed by atoms with E-state index in [1.54, 1.807) is 49.0 Å². The molecule has 8 nitrogen and oxygen atoms in total. The highest BCUT2D eigenvalue weighted by Crippen LogP contribution is 2.23. The number of para-hydroxylation sites is 1. The molecule has 1 amide bonds. The van der Waals surface area contributed by atoms with E-state index in [0.29, 0.717) is 15.0 Å². The quantitative estimate of drug-likeness (QED) is 0.354. The summed E-state index contributed by atoms with van der Waals surface area (Å²) in [6.07, 6.45) is 0. The molecule has 0 aliphatic rings. The minimum absolute atomic E-state index is 0.0826. The predicted molar refractivity (Wildman–Crippen MR) is 110 cm³/mol. The van der Waals surface area contributed by atoms with Gasteiger partial charge in [0, 0.05) is 16.7 Å². The van der Waals surface area contributed by atoms with Crippen LogP contribution in [0.15, 0.2) is 53.3 Å². The Bertz CT molecular complexity index is 1100. The average Bonchev–Trinajstić information content (AvgIpc) is 2.85. The molecule has 0 radical (unpaired) electrons. The highest BCUT2D eigenvalue weighted by atomic mass is 127. The zero-order valence-electron chi connectivity index (χ0n) is 14.5. The Morgan fingerprint density at radius 1 is 1.19 bits per heavy atom. The molecule has 1 heterocycles. The molecule has 9 heteroatoms. The normalized spacial score (nSPS) is 10.6. The topological polar surface area (TPSA) is 99.2 Å². The molecule has 3 aromatic rings. The highest BCUT2D eigenvalue weighted by Gasteiger charge is 2.24. The number of aromatic nitrogens is 2. The van der Waals surface area contributed by atoms with Gasteiger partial charge in [0.1, 0.15) is 11.3 Å². The lowest BCUT2D eigenvalue weighted by molar-refractivity contribution is -0.385. The molecule has 27 heavy (non-hydrogen) atoms. The number of hydrogen-bond acceptors (Lipinski definition) is 4. The van der Waals surface area contributed by atoms with E-state index < -0.39 is 16.4 Å². The minimum atomic E-state index is -0.705. The number of benzene rings is 2. The Labute approximate surface area is 167 Å². The van der Waals surface area contributed by atoms with E-state index in [2.05, 4.69) is 5.32 Å². The lowest BCUT2D eigenvalue weighted by Gasteiger charge is -2.07. The molecule has 2 aromatic carbocycles. The van der Waals surface area contributed by atoms with Crippen LogP contribution in [0.2, 0.25) is 0 Å². The van der Waals surface area contributed by atoms with E-state index in [-0.39, 0.29) is 16.9 Å².